The molecule has 1 saturated heterocycles. The Labute approximate surface area is 187 Å². The van der Waals surface area contributed by atoms with Crippen LogP contribution in [-0.4, -0.2) is 46.2 Å². The lowest BCUT2D eigenvalue weighted by molar-refractivity contribution is -0.173. The van der Waals surface area contributed by atoms with Crippen LogP contribution in [0, 0.1) is 17.8 Å². The number of allylic oxidation sites excluding steroid dienone is 4. The van der Waals surface area contributed by atoms with Gasteiger partial charge in [-0.1, -0.05) is 30.9 Å². The molecule has 178 valence electrons. The summed E-state index contributed by atoms with van der Waals surface area (Å²) in [6, 6.07) is -5.10. The fraction of sp³-hybridized carbons (Fsp3) is 0.667. The number of carboxylic acid groups (broad SMARTS) is 1. The molecular formula is C21H25ClF4N2O4. The van der Waals surface area contributed by atoms with Crippen LogP contribution in [-0.2, 0) is 9.59 Å². The summed E-state index contributed by atoms with van der Waals surface area (Å²) in [5, 5.41) is 11.8. The molecule has 2 N–H and O–H groups in total. The molecule has 3 amide bonds. The molecule has 0 bridgehead atoms. The predicted octanol–water partition coefficient (Wildman–Crippen LogP) is 4.90. The summed E-state index contributed by atoms with van der Waals surface area (Å²) in [6.07, 6.45) is 0.830. The summed E-state index contributed by atoms with van der Waals surface area (Å²) in [5.74, 6) is -5.36. The number of nitrogens with zero attached hydrogens (tertiary/aromatic N) is 1. The zero-order valence-electron chi connectivity index (χ0n) is 17.2. The lowest BCUT2D eigenvalue weighted by atomic mass is 9.80. The van der Waals surface area contributed by atoms with Crippen LogP contribution in [0.25, 0.3) is 0 Å². The number of aliphatic carboxylic acids is 1. The second-order valence-corrected chi connectivity index (χ2v) is 9.09. The fourth-order valence-corrected chi connectivity index (χ4v) is 5.05. The predicted molar refractivity (Wildman–Crippen MR) is 107 cm³/mol. The van der Waals surface area contributed by atoms with Crippen LogP contribution in [0.4, 0.5) is 22.4 Å². The Balaban J connectivity index is 1.66. The van der Waals surface area contributed by atoms with Crippen LogP contribution in [0.5, 0.6) is 0 Å². The molecule has 0 spiro atoms. The Morgan fingerprint density at radius 1 is 1.19 bits per heavy atom. The molecule has 6 nitrogen and oxygen atoms in total. The molecule has 2 aliphatic carbocycles. The van der Waals surface area contributed by atoms with Crippen molar-refractivity contribution >= 4 is 29.5 Å². The molecule has 2 fully saturated rings. The third-order valence-corrected chi connectivity index (χ3v) is 6.80. The van der Waals surface area contributed by atoms with E-state index in [2.05, 4.69) is 0 Å². The van der Waals surface area contributed by atoms with Crippen molar-refractivity contribution in [3.63, 3.8) is 0 Å². The molecule has 3 rings (SSSR count). The average Bonchev–Trinajstić information content (AvgIpc) is 2.72. The molecule has 0 aromatic rings. The first kappa shape index (κ1) is 24.5. The molecular weight excluding hydrogens is 456 g/mol. The highest BCUT2D eigenvalue weighted by Crippen LogP contribution is 2.38. The van der Waals surface area contributed by atoms with Crippen LogP contribution in [0.3, 0.4) is 0 Å². The zero-order valence-corrected chi connectivity index (χ0v) is 18.0. The number of carbonyl (C=O) groups excluding carboxylic acids is 2. The number of imide groups is 1. The van der Waals surface area contributed by atoms with Gasteiger partial charge in [-0.15, -0.1) is 0 Å². The van der Waals surface area contributed by atoms with Crippen molar-refractivity contribution in [2.75, 3.05) is 0 Å². The van der Waals surface area contributed by atoms with Crippen molar-refractivity contribution in [2.24, 2.45) is 17.8 Å². The van der Waals surface area contributed by atoms with Crippen molar-refractivity contribution in [3.8, 4) is 0 Å². The number of halogens is 5. The number of carbonyl (C=O) groups is 3. The molecule has 0 aromatic heterocycles. The number of carboxylic acids is 1. The Bertz CT molecular complexity index is 823. The van der Waals surface area contributed by atoms with E-state index in [4.69, 9.17) is 11.6 Å². The van der Waals surface area contributed by atoms with E-state index in [9.17, 15) is 37.1 Å². The first-order chi connectivity index (χ1) is 15.0. The zero-order chi connectivity index (χ0) is 23.6. The highest BCUT2D eigenvalue weighted by atomic mass is 35.5. The number of nitrogens with one attached hydrogen (secondary N) is 1. The number of rotatable bonds is 6. The molecule has 32 heavy (non-hydrogen) atoms. The first-order valence-electron chi connectivity index (χ1n) is 10.7. The van der Waals surface area contributed by atoms with Gasteiger partial charge in [-0.25, -0.2) is 18.9 Å². The number of hydrogen-bond donors (Lipinski definition) is 2. The monoisotopic (exact) mass is 480 g/mol. The summed E-state index contributed by atoms with van der Waals surface area (Å²) in [5.41, 5.74) is 0. The minimum atomic E-state index is -4.72. The van der Waals surface area contributed by atoms with Crippen LogP contribution < -0.4 is 5.32 Å². The molecule has 4 unspecified atom stereocenters. The lowest BCUT2D eigenvalue weighted by Gasteiger charge is -2.44. The van der Waals surface area contributed by atoms with E-state index in [1.54, 1.807) is 0 Å². The molecule has 3 aliphatic rings. The van der Waals surface area contributed by atoms with E-state index >= 15 is 0 Å². The van der Waals surface area contributed by atoms with E-state index in [1.165, 1.54) is 12.2 Å². The van der Waals surface area contributed by atoms with Gasteiger partial charge in [-0.2, -0.15) is 13.2 Å². The Morgan fingerprint density at radius 2 is 1.84 bits per heavy atom. The topological polar surface area (TPSA) is 86.7 Å². The number of amides is 3. The molecule has 4 atom stereocenters. The van der Waals surface area contributed by atoms with Gasteiger partial charge in [0.15, 0.2) is 6.04 Å². The summed E-state index contributed by atoms with van der Waals surface area (Å²) < 4.78 is 54.7. The minimum Gasteiger partial charge on any atom is -0.480 e. The lowest BCUT2D eigenvalue weighted by Crippen LogP contribution is -2.69. The fourth-order valence-electron chi connectivity index (χ4n) is 4.80. The molecule has 11 heteroatoms. The Morgan fingerprint density at radius 3 is 2.44 bits per heavy atom. The van der Waals surface area contributed by atoms with Crippen molar-refractivity contribution in [2.45, 2.75) is 69.6 Å². The molecule has 1 saturated carbocycles. The van der Waals surface area contributed by atoms with E-state index in [1.807, 2.05) is 5.32 Å². The van der Waals surface area contributed by atoms with E-state index < -0.39 is 59.7 Å². The highest BCUT2D eigenvalue weighted by Gasteiger charge is 2.56. The van der Waals surface area contributed by atoms with Gasteiger partial charge in [0.25, 0.3) is 0 Å². The second-order valence-electron chi connectivity index (χ2n) is 8.61. The molecule has 0 radical (unpaired) electrons. The van der Waals surface area contributed by atoms with E-state index in [0.717, 1.165) is 6.42 Å². The third kappa shape index (κ3) is 5.27. The summed E-state index contributed by atoms with van der Waals surface area (Å²) in [6.45, 7) is 0. The molecule has 0 aromatic carbocycles. The van der Waals surface area contributed by atoms with Crippen molar-refractivity contribution in [1.29, 1.82) is 0 Å². The van der Waals surface area contributed by atoms with Gasteiger partial charge in [0.1, 0.15) is 11.9 Å². The first-order valence-corrected chi connectivity index (χ1v) is 11.0. The van der Waals surface area contributed by atoms with Crippen molar-refractivity contribution in [1.82, 2.24) is 10.2 Å². The average molecular weight is 481 g/mol. The van der Waals surface area contributed by atoms with E-state index in [0.29, 0.717) is 35.6 Å². The molecule has 1 aliphatic heterocycles. The van der Waals surface area contributed by atoms with Gasteiger partial charge in [-0.05, 0) is 50.2 Å². The normalized spacial score (nSPS) is 27.8. The van der Waals surface area contributed by atoms with Crippen LogP contribution >= 0.6 is 11.6 Å². The summed E-state index contributed by atoms with van der Waals surface area (Å²) >= 11 is 5.90. The smallest absolute Gasteiger partial charge is 0.408 e. The van der Waals surface area contributed by atoms with Crippen molar-refractivity contribution < 1.29 is 37.1 Å². The Hall–Kier alpha value is -2.10. The summed E-state index contributed by atoms with van der Waals surface area (Å²) in [4.78, 5) is 37.1. The van der Waals surface area contributed by atoms with Gasteiger partial charge in [0.2, 0.25) is 5.91 Å². The maximum absolute atomic E-state index is 14.0. The minimum absolute atomic E-state index is 0.0268. The number of alkyl halides is 3. The number of β-lactam (4-membered cyclic amide) rings is 1. The van der Waals surface area contributed by atoms with Gasteiger partial charge in [0, 0.05) is 11.0 Å². The number of likely N-dealkylation sites (tertiary alicyclic amines) is 1. The van der Waals surface area contributed by atoms with Gasteiger partial charge in [-0.3, -0.25) is 4.79 Å². The maximum atomic E-state index is 14.0. The van der Waals surface area contributed by atoms with E-state index in [-0.39, 0.29) is 19.3 Å². The standard InChI is InChI=1S/C21H25ClF4N2O4/c22-13-7-9-15(23)12(10-13)6-8-14-16(19(30)31)28(18(14)29)20(32)27-17(21(24,25)26)11-4-2-1-3-5-11/h7,9,11-12,14,16-17H,1-6,8,10H2,(H,27,32)(H,30,31). The van der Waals surface area contributed by atoms with Crippen LogP contribution in [0.1, 0.15) is 51.4 Å². The second kappa shape index (κ2) is 9.80. The summed E-state index contributed by atoms with van der Waals surface area (Å²) in [7, 11) is 0. The van der Waals surface area contributed by atoms with Gasteiger partial charge >= 0.3 is 18.2 Å². The van der Waals surface area contributed by atoms with Crippen LogP contribution in [0.2, 0.25) is 0 Å². The number of urea groups is 1. The van der Waals surface area contributed by atoms with Gasteiger partial charge in [0.05, 0.1) is 5.92 Å². The van der Waals surface area contributed by atoms with Crippen molar-refractivity contribution in [3.05, 3.63) is 23.0 Å². The van der Waals surface area contributed by atoms with Crippen LogP contribution in [0.15, 0.2) is 23.0 Å². The largest absolute Gasteiger partial charge is 0.480 e. The number of hydrogen-bond acceptors (Lipinski definition) is 3. The SMILES string of the molecule is O=C(O)C1C(CCC2CC(Cl)=CC=C2F)C(=O)N1C(=O)NC(C1CCCCC1)C(F)(F)F. The third-order valence-electron chi connectivity index (χ3n) is 6.52. The van der Waals surface area contributed by atoms with Gasteiger partial charge < -0.3 is 10.4 Å². The highest BCUT2D eigenvalue weighted by molar-refractivity contribution is 6.29. The maximum Gasteiger partial charge on any atom is 0.408 e. The quantitative estimate of drug-likeness (QED) is 0.418. The Kier molecular flexibility index (Phi) is 7.52. The molecule has 1 heterocycles.